The van der Waals surface area contributed by atoms with Crippen LogP contribution in [0.3, 0.4) is 0 Å². The highest BCUT2D eigenvalue weighted by Crippen LogP contribution is 2.31. The molecular weight excluding hydrogens is 226 g/mol. The van der Waals surface area contributed by atoms with E-state index in [1.54, 1.807) is 6.33 Å². The number of hydrogen-bond acceptors (Lipinski definition) is 5. The molecule has 1 aliphatic rings. The van der Waals surface area contributed by atoms with Gasteiger partial charge in [-0.3, -0.25) is 16.2 Å². The summed E-state index contributed by atoms with van der Waals surface area (Å²) in [6.07, 6.45) is 9.09. The largest absolute Gasteiger partial charge is 0.296 e. The number of nitrogens with two attached hydrogens (primary N) is 1. The number of hydrogen-bond donors (Lipinski definition) is 2. The third-order valence-corrected chi connectivity index (χ3v) is 3.96. The Labute approximate surface area is 109 Å². The van der Waals surface area contributed by atoms with E-state index < -0.39 is 0 Å². The molecule has 1 unspecified atom stereocenters. The summed E-state index contributed by atoms with van der Waals surface area (Å²) in [5, 5.41) is 0. The van der Waals surface area contributed by atoms with Gasteiger partial charge < -0.3 is 0 Å². The van der Waals surface area contributed by atoms with E-state index in [2.05, 4.69) is 34.1 Å². The van der Waals surface area contributed by atoms with Crippen molar-refractivity contribution in [1.82, 2.24) is 20.3 Å². The second-order valence-electron chi connectivity index (χ2n) is 5.47. The molecule has 1 saturated heterocycles. The lowest BCUT2D eigenvalue weighted by atomic mass is 9.87. The third-order valence-electron chi connectivity index (χ3n) is 3.96. The maximum atomic E-state index is 5.77. The minimum Gasteiger partial charge on any atom is -0.296 e. The molecule has 0 saturated carbocycles. The number of nitrogens with zero attached hydrogens (tertiary/aromatic N) is 3. The summed E-state index contributed by atoms with van der Waals surface area (Å²) in [6, 6.07) is 0.0387. The van der Waals surface area contributed by atoms with Crippen molar-refractivity contribution in [2.75, 3.05) is 13.1 Å². The van der Waals surface area contributed by atoms with E-state index >= 15 is 0 Å². The normalized spacial score (nSPS) is 19.7. The van der Waals surface area contributed by atoms with E-state index in [1.807, 2.05) is 12.4 Å². The van der Waals surface area contributed by atoms with Crippen LogP contribution in [0.1, 0.15) is 44.7 Å². The Morgan fingerprint density at radius 3 is 2.39 bits per heavy atom. The Balaban J connectivity index is 2.19. The summed E-state index contributed by atoms with van der Waals surface area (Å²) in [6.45, 7) is 6.74. The van der Waals surface area contributed by atoms with Gasteiger partial charge in [0.05, 0.1) is 6.04 Å². The lowest BCUT2D eigenvalue weighted by Gasteiger charge is -2.45. The van der Waals surface area contributed by atoms with Crippen molar-refractivity contribution in [2.45, 2.75) is 44.7 Å². The van der Waals surface area contributed by atoms with Gasteiger partial charge in [-0.1, -0.05) is 6.42 Å². The van der Waals surface area contributed by atoms with Crippen LogP contribution in [0.15, 0.2) is 18.7 Å². The number of nitrogens with one attached hydrogen (secondary N) is 1. The second-order valence-corrected chi connectivity index (χ2v) is 5.47. The summed E-state index contributed by atoms with van der Waals surface area (Å²) >= 11 is 0. The molecule has 3 N–H and O–H groups in total. The highest BCUT2D eigenvalue weighted by molar-refractivity contribution is 5.15. The first kappa shape index (κ1) is 13.4. The fourth-order valence-electron chi connectivity index (χ4n) is 2.82. The Morgan fingerprint density at radius 1 is 1.22 bits per heavy atom. The molecule has 0 radical (unpaired) electrons. The first-order chi connectivity index (χ1) is 8.66. The van der Waals surface area contributed by atoms with Gasteiger partial charge in [-0.05, 0) is 39.8 Å². The van der Waals surface area contributed by atoms with E-state index in [0.29, 0.717) is 0 Å². The number of likely N-dealkylation sites (tertiary alicyclic amines) is 1. The minimum absolute atomic E-state index is 0.0387. The molecule has 0 amide bonds. The fourth-order valence-corrected chi connectivity index (χ4v) is 2.82. The predicted molar refractivity (Wildman–Crippen MR) is 71.6 cm³/mol. The standard InChI is InChI=1S/C13H23N5/c1-13(2,18-6-4-3-5-7-18)12(17-14)11-8-15-10-16-9-11/h8-10,12,17H,3-7,14H2,1-2H3. The average molecular weight is 249 g/mol. The van der Waals surface area contributed by atoms with Crippen molar-refractivity contribution in [2.24, 2.45) is 5.84 Å². The topological polar surface area (TPSA) is 67.1 Å². The molecule has 0 aromatic carbocycles. The number of rotatable bonds is 4. The van der Waals surface area contributed by atoms with Crippen molar-refractivity contribution in [1.29, 1.82) is 0 Å². The monoisotopic (exact) mass is 249 g/mol. The van der Waals surface area contributed by atoms with Crippen molar-refractivity contribution < 1.29 is 0 Å². The molecule has 1 atom stereocenters. The molecular formula is C13H23N5. The smallest absolute Gasteiger partial charge is 0.115 e. The number of piperidine rings is 1. The van der Waals surface area contributed by atoms with Crippen LogP contribution in [-0.4, -0.2) is 33.5 Å². The van der Waals surface area contributed by atoms with E-state index in [1.165, 1.54) is 19.3 Å². The summed E-state index contributed by atoms with van der Waals surface area (Å²) in [4.78, 5) is 10.7. The van der Waals surface area contributed by atoms with Gasteiger partial charge in [0.1, 0.15) is 6.33 Å². The molecule has 1 fully saturated rings. The first-order valence-electron chi connectivity index (χ1n) is 6.62. The lowest BCUT2D eigenvalue weighted by molar-refractivity contribution is 0.0606. The fraction of sp³-hybridized carbons (Fsp3) is 0.692. The Kier molecular flexibility index (Phi) is 4.27. The van der Waals surface area contributed by atoms with E-state index in [4.69, 9.17) is 5.84 Å². The molecule has 2 heterocycles. The van der Waals surface area contributed by atoms with Gasteiger partial charge in [-0.2, -0.15) is 0 Å². The van der Waals surface area contributed by atoms with Gasteiger partial charge in [0.25, 0.3) is 0 Å². The predicted octanol–water partition coefficient (Wildman–Crippen LogP) is 1.25. The van der Waals surface area contributed by atoms with Crippen LogP contribution in [0.2, 0.25) is 0 Å². The average Bonchev–Trinajstić information content (AvgIpc) is 2.41. The van der Waals surface area contributed by atoms with Crippen LogP contribution < -0.4 is 11.3 Å². The molecule has 5 nitrogen and oxygen atoms in total. The van der Waals surface area contributed by atoms with Gasteiger partial charge >= 0.3 is 0 Å². The van der Waals surface area contributed by atoms with Crippen LogP contribution in [0, 0.1) is 0 Å². The molecule has 0 spiro atoms. The molecule has 2 rings (SSSR count). The molecule has 1 aromatic heterocycles. The van der Waals surface area contributed by atoms with Gasteiger partial charge in [0, 0.05) is 23.5 Å². The van der Waals surface area contributed by atoms with Gasteiger partial charge in [-0.25, -0.2) is 9.97 Å². The maximum Gasteiger partial charge on any atom is 0.115 e. The molecule has 1 aliphatic heterocycles. The van der Waals surface area contributed by atoms with Gasteiger partial charge in [-0.15, -0.1) is 0 Å². The van der Waals surface area contributed by atoms with Gasteiger partial charge in [0.2, 0.25) is 0 Å². The van der Waals surface area contributed by atoms with Crippen molar-refractivity contribution in [3.8, 4) is 0 Å². The zero-order valence-corrected chi connectivity index (χ0v) is 11.3. The lowest BCUT2D eigenvalue weighted by Crippen LogP contribution is -2.55. The molecule has 0 aliphatic carbocycles. The third kappa shape index (κ3) is 2.68. The van der Waals surface area contributed by atoms with Crippen molar-refractivity contribution in [3.05, 3.63) is 24.3 Å². The highest BCUT2D eigenvalue weighted by Gasteiger charge is 2.36. The van der Waals surface area contributed by atoms with Crippen LogP contribution >= 0.6 is 0 Å². The Bertz CT molecular complexity index is 359. The van der Waals surface area contributed by atoms with E-state index in [9.17, 15) is 0 Å². The molecule has 0 bridgehead atoms. The number of aromatic nitrogens is 2. The molecule has 1 aromatic rings. The Morgan fingerprint density at radius 2 is 1.83 bits per heavy atom. The summed E-state index contributed by atoms with van der Waals surface area (Å²) in [5.74, 6) is 5.77. The van der Waals surface area contributed by atoms with Crippen molar-refractivity contribution in [3.63, 3.8) is 0 Å². The summed E-state index contributed by atoms with van der Waals surface area (Å²) < 4.78 is 0. The summed E-state index contributed by atoms with van der Waals surface area (Å²) in [7, 11) is 0. The molecule has 18 heavy (non-hydrogen) atoms. The van der Waals surface area contributed by atoms with Crippen LogP contribution in [0.4, 0.5) is 0 Å². The van der Waals surface area contributed by atoms with Crippen molar-refractivity contribution >= 4 is 0 Å². The summed E-state index contributed by atoms with van der Waals surface area (Å²) in [5.41, 5.74) is 3.93. The van der Waals surface area contributed by atoms with Crippen LogP contribution in [0.5, 0.6) is 0 Å². The first-order valence-corrected chi connectivity index (χ1v) is 6.62. The van der Waals surface area contributed by atoms with Crippen LogP contribution in [-0.2, 0) is 0 Å². The van der Waals surface area contributed by atoms with E-state index in [-0.39, 0.29) is 11.6 Å². The zero-order valence-electron chi connectivity index (χ0n) is 11.3. The molecule has 5 heteroatoms. The zero-order chi connectivity index (χ0) is 13.0. The SMILES string of the molecule is CC(C)(C(NN)c1cncnc1)N1CCCCC1. The highest BCUT2D eigenvalue weighted by atomic mass is 15.3. The maximum absolute atomic E-state index is 5.77. The van der Waals surface area contributed by atoms with Crippen LogP contribution in [0.25, 0.3) is 0 Å². The second kappa shape index (κ2) is 5.73. The molecule has 100 valence electrons. The number of hydrazine groups is 1. The quantitative estimate of drug-likeness (QED) is 0.621. The minimum atomic E-state index is -0.0418. The van der Waals surface area contributed by atoms with Gasteiger partial charge in [0.15, 0.2) is 0 Å². The van der Waals surface area contributed by atoms with E-state index in [0.717, 1.165) is 18.7 Å². The Hall–Kier alpha value is -1.04.